The number of pyridine rings is 1. The Morgan fingerprint density at radius 1 is 1.19 bits per heavy atom. The number of carbonyl (C=O) groups is 1. The summed E-state index contributed by atoms with van der Waals surface area (Å²) >= 11 is 5.95. The van der Waals surface area contributed by atoms with Crippen LogP contribution in [0.1, 0.15) is 27.4 Å². The molecular formula is C19H18ClN5O. The monoisotopic (exact) mass is 367 g/mol. The van der Waals surface area contributed by atoms with Crippen LogP contribution < -0.4 is 5.32 Å². The number of carbonyl (C=O) groups excluding carboxylic acids is 1. The summed E-state index contributed by atoms with van der Waals surface area (Å²) in [4.78, 5) is 24.5. The normalized spacial score (nSPS) is 11.3. The number of imidazole rings is 2. The molecular weight excluding hydrogens is 350 g/mol. The van der Waals surface area contributed by atoms with Gasteiger partial charge in [-0.2, -0.15) is 0 Å². The maximum absolute atomic E-state index is 12.3. The third-order valence-electron chi connectivity index (χ3n) is 4.44. The highest BCUT2D eigenvalue weighted by molar-refractivity contribution is 6.30. The molecule has 3 heterocycles. The van der Waals surface area contributed by atoms with E-state index >= 15 is 0 Å². The molecule has 3 aromatic heterocycles. The third-order valence-corrected chi connectivity index (χ3v) is 4.66. The lowest BCUT2D eigenvalue weighted by molar-refractivity contribution is 0.0949. The Balaban J connectivity index is 1.42. The summed E-state index contributed by atoms with van der Waals surface area (Å²) in [6, 6.07) is 7.70. The number of aryl methyl sites for hydroxylation is 2. The highest BCUT2D eigenvalue weighted by Gasteiger charge is 2.11. The van der Waals surface area contributed by atoms with Crippen molar-refractivity contribution in [2.75, 3.05) is 6.54 Å². The van der Waals surface area contributed by atoms with Crippen molar-refractivity contribution in [1.82, 2.24) is 24.7 Å². The van der Waals surface area contributed by atoms with E-state index in [-0.39, 0.29) is 5.91 Å². The molecule has 4 rings (SSSR count). The fraction of sp³-hybridized carbons (Fsp3) is 0.211. The average molecular weight is 368 g/mol. The second kappa shape index (κ2) is 6.46. The van der Waals surface area contributed by atoms with E-state index < -0.39 is 0 Å². The van der Waals surface area contributed by atoms with Crippen LogP contribution >= 0.6 is 11.6 Å². The number of nitrogens with zero attached hydrogens (tertiary/aromatic N) is 3. The van der Waals surface area contributed by atoms with E-state index in [1.54, 1.807) is 28.9 Å². The van der Waals surface area contributed by atoms with Crippen molar-refractivity contribution in [1.29, 1.82) is 0 Å². The number of amides is 1. The van der Waals surface area contributed by atoms with Gasteiger partial charge in [-0.3, -0.25) is 4.79 Å². The molecule has 7 heteroatoms. The Morgan fingerprint density at radius 3 is 2.85 bits per heavy atom. The quantitative estimate of drug-likeness (QED) is 0.580. The number of nitrogens with one attached hydrogen (secondary N) is 2. The van der Waals surface area contributed by atoms with Crippen molar-refractivity contribution in [3.05, 3.63) is 64.3 Å². The van der Waals surface area contributed by atoms with Crippen molar-refractivity contribution in [2.24, 2.45) is 0 Å². The summed E-state index contributed by atoms with van der Waals surface area (Å²) < 4.78 is 1.74. The molecule has 0 unspecified atom stereocenters. The zero-order valence-electron chi connectivity index (χ0n) is 14.5. The maximum Gasteiger partial charge on any atom is 0.271 e. The number of H-pyrrole nitrogens is 1. The molecule has 0 saturated carbocycles. The second-order valence-electron chi connectivity index (χ2n) is 6.38. The maximum atomic E-state index is 12.3. The molecule has 1 aromatic carbocycles. The Hall–Kier alpha value is -2.86. The number of benzene rings is 1. The lowest BCUT2D eigenvalue weighted by atomic mass is 10.1. The topological polar surface area (TPSA) is 75.1 Å². The lowest BCUT2D eigenvalue weighted by Gasteiger charge is -2.00. The minimum absolute atomic E-state index is 0.215. The fourth-order valence-corrected chi connectivity index (χ4v) is 3.07. The zero-order valence-corrected chi connectivity index (χ0v) is 15.3. The summed E-state index contributed by atoms with van der Waals surface area (Å²) in [5.74, 6) is 0.639. The molecule has 0 saturated heterocycles. The van der Waals surface area contributed by atoms with Crippen LogP contribution in [0.15, 0.2) is 36.7 Å². The first-order valence-electron chi connectivity index (χ1n) is 8.38. The van der Waals surface area contributed by atoms with Gasteiger partial charge in [0.1, 0.15) is 17.2 Å². The Morgan fingerprint density at radius 2 is 2.00 bits per heavy atom. The molecule has 2 N–H and O–H groups in total. The van der Waals surface area contributed by atoms with Crippen molar-refractivity contribution >= 4 is 34.2 Å². The molecule has 0 aliphatic heterocycles. The van der Waals surface area contributed by atoms with Crippen LogP contribution in [0, 0.1) is 13.8 Å². The molecule has 26 heavy (non-hydrogen) atoms. The van der Waals surface area contributed by atoms with Gasteiger partial charge in [-0.25, -0.2) is 9.97 Å². The van der Waals surface area contributed by atoms with E-state index in [4.69, 9.17) is 11.6 Å². The molecule has 0 aliphatic carbocycles. The van der Waals surface area contributed by atoms with Crippen LogP contribution in [-0.2, 0) is 6.42 Å². The van der Waals surface area contributed by atoms with Crippen LogP contribution in [0.5, 0.6) is 0 Å². The Bertz CT molecular complexity index is 1090. The Labute approximate surface area is 155 Å². The van der Waals surface area contributed by atoms with E-state index in [9.17, 15) is 4.79 Å². The molecule has 0 bridgehead atoms. The first-order chi connectivity index (χ1) is 12.5. The van der Waals surface area contributed by atoms with Crippen LogP contribution in [0.4, 0.5) is 0 Å². The van der Waals surface area contributed by atoms with Crippen molar-refractivity contribution in [3.63, 3.8) is 0 Å². The van der Waals surface area contributed by atoms with Gasteiger partial charge in [-0.05, 0) is 49.2 Å². The number of aromatic nitrogens is 4. The van der Waals surface area contributed by atoms with E-state index in [1.165, 1.54) is 11.1 Å². The molecule has 0 aliphatic rings. The van der Waals surface area contributed by atoms with Crippen molar-refractivity contribution in [3.8, 4) is 0 Å². The lowest BCUT2D eigenvalue weighted by Crippen LogP contribution is -2.26. The number of rotatable bonds is 4. The SMILES string of the molecule is Cc1cc2nc(CCNC(=O)c3cn4cc(Cl)ccc4n3)[nH]c2cc1C. The molecule has 4 aromatic rings. The van der Waals surface area contributed by atoms with Gasteiger partial charge in [-0.15, -0.1) is 0 Å². The summed E-state index contributed by atoms with van der Waals surface area (Å²) in [6.07, 6.45) is 4.01. The highest BCUT2D eigenvalue weighted by atomic mass is 35.5. The van der Waals surface area contributed by atoms with Gasteiger partial charge in [0.05, 0.1) is 16.1 Å². The van der Waals surface area contributed by atoms with Crippen LogP contribution in [-0.4, -0.2) is 31.8 Å². The molecule has 1 amide bonds. The summed E-state index contributed by atoms with van der Waals surface area (Å²) in [7, 11) is 0. The van der Waals surface area contributed by atoms with E-state index in [2.05, 4.69) is 46.2 Å². The Kier molecular flexibility index (Phi) is 4.12. The van der Waals surface area contributed by atoms with Crippen LogP contribution in [0.3, 0.4) is 0 Å². The number of halogens is 1. The van der Waals surface area contributed by atoms with Gasteiger partial charge < -0.3 is 14.7 Å². The van der Waals surface area contributed by atoms with Gasteiger partial charge in [0.25, 0.3) is 5.91 Å². The minimum Gasteiger partial charge on any atom is -0.350 e. The molecule has 0 spiro atoms. The largest absolute Gasteiger partial charge is 0.350 e. The highest BCUT2D eigenvalue weighted by Crippen LogP contribution is 2.17. The predicted molar refractivity (Wildman–Crippen MR) is 102 cm³/mol. The predicted octanol–water partition coefficient (Wildman–Crippen LogP) is 3.45. The fourth-order valence-electron chi connectivity index (χ4n) is 2.90. The average Bonchev–Trinajstić information content (AvgIpc) is 3.18. The van der Waals surface area contributed by atoms with E-state index in [0.29, 0.717) is 29.3 Å². The van der Waals surface area contributed by atoms with Crippen molar-refractivity contribution in [2.45, 2.75) is 20.3 Å². The second-order valence-corrected chi connectivity index (χ2v) is 6.82. The van der Waals surface area contributed by atoms with Gasteiger partial charge >= 0.3 is 0 Å². The van der Waals surface area contributed by atoms with Crippen molar-refractivity contribution < 1.29 is 4.79 Å². The third kappa shape index (κ3) is 3.15. The van der Waals surface area contributed by atoms with Gasteiger partial charge in [0.2, 0.25) is 0 Å². The van der Waals surface area contributed by atoms with Crippen LogP contribution in [0.2, 0.25) is 5.02 Å². The molecule has 0 atom stereocenters. The van der Waals surface area contributed by atoms with Crippen LogP contribution in [0.25, 0.3) is 16.7 Å². The number of hydrogen-bond acceptors (Lipinski definition) is 3. The van der Waals surface area contributed by atoms with Gasteiger partial charge in [0.15, 0.2) is 0 Å². The smallest absolute Gasteiger partial charge is 0.271 e. The molecule has 0 radical (unpaired) electrons. The zero-order chi connectivity index (χ0) is 18.3. The molecule has 132 valence electrons. The van der Waals surface area contributed by atoms with Gasteiger partial charge in [0, 0.05) is 25.4 Å². The van der Waals surface area contributed by atoms with Gasteiger partial charge in [-0.1, -0.05) is 11.6 Å². The number of hydrogen-bond donors (Lipinski definition) is 2. The minimum atomic E-state index is -0.215. The van der Waals surface area contributed by atoms with E-state index in [1.807, 2.05) is 0 Å². The first-order valence-corrected chi connectivity index (χ1v) is 8.76. The summed E-state index contributed by atoms with van der Waals surface area (Å²) in [5.41, 5.74) is 5.47. The van der Waals surface area contributed by atoms with E-state index in [0.717, 1.165) is 16.9 Å². The number of fused-ring (bicyclic) bond motifs is 2. The summed E-state index contributed by atoms with van der Waals surface area (Å²) in [5, 5.41) is 3.48. The number of aromatic amines is 1. The standard InChI is InChI=1S/C19H18ClN5O/c1-11-7-14-15(8-12(11)2)23-17(22-14)5-6-21-19(26)16-10-25-9-13(20)3-4-18(25)24-16/h3-4,7-10H,5-6H2,1-2H3,(H,21,26)(H,22,23). The molecule has 6 nitrogen and oxygen atoms in total. The summed E-state index contributed by atoms with van der Waals surface area (Å²) in [6.45, 7) is 4.63. The first kappa shape index (κ1) is 16.6. The molecule has 0 fully saturated rings.